The lowest BCUT2D eigenvalue weighted by molar-refractivity contribution is -0.124. The number of anilines is 1. The van der Waals surface area contributed by atoms with Crippen molar-refractivity contribution in [3.8, 4) is 15.5 Å². The van der Waals surface area contributed by atoms with Crippen molar-refractivity contribution in [3.05, 3.63) is 36.4 Å². The van der Waals surface area contributed by atoms with E-state index < -0.39 is 6.16 Å². The van der Waals surface area contributed by atoms with Gasteiger partial charge in [0, 0.05) is 16.8 Å². The molecule has 1 N–H and O–H groups in total. The first-order valence-corrected chi connectivity index (χ1v) is 12.8. The molecule has 1 aromatic carbocycles. The average Bonchev–Trinajstić information content (AvgIpc) is 3.28. The predicted octanol–water partition coefficient (Wildman–Crippen LogP) is 6.49. The monoisotopic (exact) mass is 484 g/mol. The van der Waals surface area contributed by atoms with Gasteiger partial charge in [0.2, 0.25) is 11.0 Å². The minimum Gasteiger partial charge on any atom is -0.437 e. The zero-order valence-corrected chi connectivity index (χ0v) is 20.6. The fourth-order valence-electron chi connectivity index (χ4n) is 4.96. The Hall–Kier alpha value is -2.87. The van der Waals surface area contributed by atoms with Crippen LogP contribution in [0.15, 0.2) is 41.6 Å². The molecule has 1 heterocycles. The van der Waals surface area contributed by atoms with E-state index in [1.165, 1.54) is 18.4 Å². The van der Waals surface area contributed by atoms with Crippen LogP contribution < -0.4 is 9.64 Å². The fourth-order valence-corrected chi connectivity index (χ4v) is 5.96. The molecule has 0 unspecified atom stereocenters. The maximum atomic E-state index is 14.0. The van der Waals surface area contributed by atoms with Gasteiger partial charge >= 0.3 is 6.16 Å². The molecule has 182 valence electrons. The first kappa shape index (κ1) is 24.3. The average molecular weight is 485 g/mol. The maximum absolute atomic E-state index is 14.0. The molecule has 0 bridgehead atoms. The smallest absolute Gasteiger partial charge is 0.437 e. The number of hydrogen-bond donors (Lipinski definition) is 1. The molecule has 1 aromatic heterocycles. The summed E-state index contributed by atoms with van der Waals surface area (Å²) in [6, 6.07) is 11.8. The van der Waals surface area contributed by atoms with E-state index in [0.29, 0.717) is 42.4 Å². The lowest BCUT2D eigenvalue weighted by atomic mass is 9.81. The number of methoxy groups -OCH3 is 1. The van der Waals surface area contributed by atoms with Gasteiger partial charge < -0.3 is 19.6 Å². The Labute approximate surface area is 204 Å². The van der Waals surface area contributed by atoms with Gasteiger partial charge in [-0.3, -0.25) is 4.79 Å². The zero-order valence-electron chi connectivity index (χ0n) is 19.7. The summed E-state index contributed by atoms with van der Waals surface area (Å²) in [7, 11) is 1.27. The van der Waals surface area contributed by atoms with Crippen molar-refractivity contribution >= 4 is 34.8 Å². The molecule has 2 aliphatic carbocycles. The summed E-state index contributed by atoms with van der Waals surface area (Å²) in [6.07, 6.45) is 5.68. The Bertz CT molecular complexity index is 1020. The zero-order chi connectivity index (χ0) is 24.1. The second-order valence-corrected chi connectivity index (χ2v) is 10.3. The largest absolute Gasteiger partial charge is 0.514 e. The predicted molar refractivity (Wildman–Crippen MR) is 133 cm³/mol. The summed E-state index contributed by atoms with van der Waals surface area (Å²) in [4.78, 5) is 28.9. The summed E-state index contributed by atoms with van der Waals surface area (Å²) in [6.45, 7) is 2.24. The van der Waals surface area contributed by atoms with E-state index in [9.17, 15) is 14.8 Å². The van der Waals surface area contributed by atoms with Gasteiger partial charge in [0.05, 0.1) is 18.5 Å². The summed E-state index contributed by atoms with van der Waals surface area (Å²) in [5.74, 6) is 0.683. The fraction of sp³-hybridized carbons (Fsp3) is 0.500. The minimum absolute atomic E-state index is 0.0462. The highest BCUT2D eigenvalue weighted by Gasteiger charge is 2.37. The number of nitrogens with zero attached hydrogens (tertiary/aromatic N) is 2. The molecule has 7 nitrogen and oxygen atoms in total. The molecule has 34 heavy (non-hydrogen) atoms. The molecule has 8 heteroatoms. The molecule has 0 aliphatic heterocycles. The van der Waals surface area contributed by atoms with Crippen molar-refractivity contribution in [1.82, 2.24) is 0 Å². The van der Waals surface area contributed by atoms with E-state index in [4.69, 9.17) is 9.47 Å². The van der Waals surface area contributed by atoms with Gasteiger partial charge in [-0.05, 0) is 68.9 Å². The van der Waals surface area contributed by atoms with Crippen LogP contribution in [0.3, 0.4) is 0 Å². The second kappa shape index (κ2) is 11.0. The number of rotatable bonds is 5. The van der Waals surface area contributed by atoms with Crippen molar-refractivity contribution in [2.75, 3.05) is 12.0 Å². The number of carbonyl (C=O) groups is 2. The first-order valence-electron chi connectivity index (χ1n) is 12.0. The lowest BCUT2D eigenvalue weighted by Gasteiger charge is -2.37. The minimum atomic E-state index is -0.806. The summed E-state index contributed by atoms with van der Waals surface area (Å²) in [5, 5.41) is 13.0. The van der Waals surface area contributed by atoms with E-state index >= 15 is 0 Å². The van der Waals surface area contributed by atoms with Crippen molar-refractivity contribution in [3.63, 3.8) is 0 Å². The second-order valence-electron chi connectivity index (χ2n) is 9.27. The quantitative estimate of drug-likeness (QED) is 0.298. The highest BCUT2D eigenvalue weighted by atomic mass is 32.1. The number of oxime groups is 1. The number of hydrogen-bond acceptors (Lipinski definition) is 7. The molecule has 4 rings (SSSR count). The molecule has 1 amide bonds. The van der Waals surface area contributed by atoms with Gasteiger partial charge in [-0.2, -0.15) is 0 Å². The van der Waals surface area contributed by atoms with E-state index in [1.54, 1.807) is 0 Å². The number of benzene rings is 1. The molecule has 0 spiro atoms. The topological polar surface area (TPSA) is 88.4 Å². The van der Waals surface area contributed by atoms with Crippen LogP contribution >= 0.6 is 11.3 Å². The van der Waals surface area contributed by atoms with Gasteiger partial charge in [0.25, 0.3) is 0 Å². The van der Waals surface area contributed by atoms with Crippen molar-refractivity contribution in [1.29, 1.82) is 0 Å². The lowest BCUT2D eigenvalue weighted by Crippen LogP contribution is -2.46. The normalized spacial score (nSPS) is 22.6. The van der Waals surface area contributed by atoms with Crippen LogP contribution in [0, 0.1) is 11.8 Å². The van der Waals surface area contributed by atoms with Crippen molar-refractivity contribution < 1.29 is 24.3 Å². The Morgan fingerprint density at radius 2 is 1.74 bits per heavy atom. The van der Waals surface area contributed by atoms with Crippen molar-refractivity contribution in [2.45, 2.75) is 64.3 Å². The molecule has 2 aromatic rings. The number of carbonyl (C=O) groups excluding carboxylic acids is 2. The van der Waals surface area contributed by atoms with Crippen LogP contribution in [0.4, 0.5) is 10.5 Å². The van der Waals surface area contributed by atoms with E-state index in [2.05, 4.69) is 12.1 Å². The van der Waals surface area contributed by atoms with Crippen LogP contribution in [0.2, 0.25) is 0 Å². The Balaban J connectivity index is 1.73. The third kappa shape index (κ3) is 5.43. The van der Waals surface area contributed by atoms with Crippen LogP contribution in [-0.4, -0.2) is 36.1 Å². The third-order valence-electron chi connectivity index (χ3n) is 6.98. The highest BCUT2D eigenvalue weighted by Crippen LogP contribution is 2.46. The standard InChI is InChI=1S/C26H32N2O5S/c1-17-8-10-19(11-9-17)24(29)28(21-14-12-20(27-31)13-15-21)22-16-23(18-6-4-3-5-7-18)34-25(22)33-26(30)32-2/h3-7,16-17,19,21,31H,8-15H2,1-2H3. The summed E-state index contributed by atoms with van der Waals surface area (Å²) < 4.78 is 10.3. The Morgan fingerprint density at radius 3 is 2.35 bits per heavy atom. The van der Waals surface area contributed by atoms with Crippen LogP contribution in [0.1, 0.15) is 58.3 Å². The molecule has 2 fully saturated rings. The molecule has 0 atom stereocenters. The maximum Gasteiger partial charge on any atom is 0.514 e. The van der Waals surface area contributed by atoms with E-state index in [0.717, 1.165) is 41.8 Å². The van der Waals surface area contributed by atoms with E-state index in [-0.39, 0.29) is 17.9 Å². The molecule has 2 saturated carbocycles. The van der Waals surface area contributed by atoms with Crippen LogP contribution in [0.5, 0.6) is 5.06 Å². The molecule has 2 aliphatic rings. The third-order valence-corrected chi connectivity index (χ3v) is 8.03. The SMILES string of the molecule is COC(=O)Oc1sc(-c2ccccc2)cc1N(C(=O)C1CCC(C)CC1)C1CCC(=NO)CC1. The summed E-state index contributed by atoms with van der Waals surface area (Å²) >= 11 is 1.34. The first-order chi connectivity index (χ1) is 16.5. The highest BCUT2D eigenvalue weighted by molar-refractivity contribution is 7.18. The van der Waals surface area contributed by atoms with Crippen LogP contribution in [0.25, 0.3) is 10.4 Å². The molecule has 0 saturated heterocycles. The van der Waals surface area contributed by atoms with Gasteiger partial charge in [0.15, 0.2) is 0 Å². The molecule has 0 radical (unpaired) electrons. The van der Waals surface area contributed by atoms with Gasteiger partial charge in [-0.25, -0.2) is 4.79 Å². The number of amides is 1. The summed E-state index contributed by atoms with van der Waals surface area (Å²) in [5.41, 5.74) is 2.37. The number of ether oxygens (including phenoxy) is 2. The van der Waals surface area contributed by atoms with Gasteiger partial charge in [-0.1, -0.05) is 53.7 Å². The van der Waals surface area contributed by atoms with Crippen LogP contribution in [-0.2, 0) is 9.53 Å². The number of thiophene rings is 1. The molecular formula is C26H32N2O5S. The Kier molecular flexibility index (Phi) is 7.88. The molecular weight excluding hydrogens is 452 g/mol. The van der Waals surface area contributed by atoms with Crippen molar-refractivity contribution in [2.24, 2.45) is 17.0 Å². The van der Waals surface area contributed by atoms with E-state index in [1.807, 2.05) is 41.3 Å². The van der Waals surface area contributed by atoms with Gasteiger partial charge in [-0.15, -0.1) is 0 Å². The van der Waals surface area contributed by atoms with Gasteiger partial charge in [0.1, 0.15) is 0 Å². The Morgan fingerprint density at radius 1 is 1.06 bits per heavy atom.